The second-order valence-electron chi connectivity index (χ2n) is 7.13. The second-order valence-corrected chi connectivity index (χ2v) is 7.13. The molecule has 0 spiro atoms. The number of para-hydroxylation sites is 1. The van der Waals surface area contributed by atoms with Crippen LogP contribution < -0.4 is 11.1 Å². The minimum absolute atomic E-state index is 0.290. The monoisotopic (exact) mass is 382 g/mol. The lowest BCUT2D eigenvalue weighted by Crippen LogP contribution is -2.41. The van der Waals surface area contributed by atoms with Crippen LogP contribution in [0.1, 0.15) is 24.8 Å². The number of nitrogens with zero attached hydrogens (tertiary/aromatic N) is 2. The number of benzene rings is 2. The van der Waals surface area contributed by atoms with Crippen molar-refractivity contribution < 1.29 is 9.18 Å². The van der Waals surface area contributed by atoms with E-state index >= 15 is 0 Å². The van der Waals surface area contributed by atoms with Gasteiger partial charge in [0.15, 0.2) is 5.96 Å². The van der Waals surface area contributed by atoms with Crippen LogP contribution in [0.5, 0.6) is 0 Å². The SMILES string of the molecule is NC(=O)C(CN=C(Nc1ccccc1)N1CCCCC1)Cc1ccc(F)cc1. The molecule has 2 aromatic carbocycles. The van der Waals surface area contributed by atoms with Gasteiger partial charge < -0.3 is 16.0 Å². The number of nitrogens with one attached hydrogen (secondary N) is 1. The Morgan fingerprint density at radius 3 is 2.39 bits per heavy atom. The lowest BCUT2D eigenvalue weighted by molar-refractivity contribution is -0.121. The number of anilines is 1. The molecule has 1 aliphatic rings. The first-order valence-electron chi connectivity index (χ1n) is 9.77. The van der Waals surface area contributed by atoms with Crippen molar-refractivity contribution in [3.05, 3.63) is 66.0 Å². The van der Waals surface area contributed by atoms with Crippen LogP contribution in [0.25, 0.3) is 0 Å². The average Bonchev–Trinajstić information content (AvgIpc) is 2.72. The molecule has 0 bridgehead atoms. The molecule has 1 unspecified atom stereocenters. The molecule has 0 saturated carbocycles. The van der Waals surface area contributed by atoms with E-state index in [0.717, 1.165) is 43.1 Å². The molecular weight excluding hydrogens is 355 g/mol. The maximum absolute atomic E-state index is 13.1. The highest BCUT2D eigenvalue weighted by Gasteiger charge is 2.19. The minimum atomic E-state index is -0.442. The van der Waals surface area contributed by atoms with E-state index in [4.69, 9.17) is 10.7 Å². The summed E-state index contributed by atoms with van der Waals surface area (Å²) in [6, 6.07) is 16.0. The van der Waals surface area contributed by atoms with Crippen molar-refractivity contribution in [1.29, 1.82) is 0 Å². The third-order valence-electron chi connectivity index (χ3n) is 4.94. The molecule has 1 saturated heterocycles. The van der Waals surface area contributed by atoms with Gasteiger partial charge in [0.2, 0.25) is 5.91 Å². The zero-order valence-electron chi connectivity index (χ0n) is 16.0. The Morgan fingerprint density at radius 1 is 1.07 bits per heavy atom. The number of hydrogen-bond acceptors (Lipinski definition) is 2. The lowest BCUT2D eigenvalue weighted by atomic mass is 9.99. The molecule has 2 aromatic rings. The average molecular weight is 382 g/mol. The van der Waals surface area contributed by atoms with E-state index in [1.165, 1.54) is 18.6 Å². The smallest absolute Gasteiger partial charge is 0.222 e. The summed E-state index contributed by atoms with van der Waals surface area (Å²) < 4.78 is 13.1. The van der Waals surface area contributed by atoms with Crippen LogP contribution in [0.2, 0.25) is 0 Å². The third kappa shape index (κ3) is 5.81. The molecule has 3 rings (SSSR count). The van der Waals surface area contributed by atoms with Crippen LogP contribution in [0.3, 0.4) is 0 Å². The van der Waals surface area contributed by atoms with Gasteiger partial charge in [-0.2, -0.15) is 0 Å². The lowest BCUT2D eigenvalue weighted by Gasteiger charge is -2.30. The molecule has 0 aliphatic carbocycles. The van der Waals surface area contributed by atoms with Gasteiger partial charge in [0.25, 0.3) is 0 Å². The van der Waals surface area contributed by atoms with Crippen molar-refractivity contribution in [2.24, 2.45) is 16.6 Å². The normalized spacial score (nSPS) is 15.9. The first kappa shape index (κ1) is 19.9. The van der Waals surface area contributed by atoms with Crippen molar-refractivity contribution in [2.75, 3.05) is 25.0 Å². The summed E-state index contributed by atoms with van der Waals surface area (Å²) in [7, 11) is 0. The van der Waals surface area contributed by atoms with E-state index in [9.17, 15) is 9.18 Å². The van der Waals surface area contributed by atoms with E-state index in [0.29, 0.717) is 13.0 Å². The number of piperidine rings is 1. The Hall–Kier alpha value is -2.89. The van der Waals surface area contributed by atoms with Gasteiger partial charge in [0, 0.05) is 18.8 Å². The summed E-state index contributed by atoms with van der Waals surface area (Å²) in [5.74, 6) is -0.360. The summed E-state index contributed by atoms with van der Waals surface area (Å²) in [6.07, 6.45) is 3.93. The van der Waals surface area contributed by atoms with Crippen molar-refractivity contribution in [1.82, 2.24) is 4.90 Å². The first-order valence-corrected chi connectivity index (χ1v) is 9.77. The molecule has 1 amide bonds. The molecular formula is C22H27FN4O. The molecule has 6 heteroatoms. The number of amides is 1. The zero-order valence-corrected chi connectivity index (χ0v) is 16.0. The van der Waals surface area contributed by atoms with Gasteiger partial charge in [0.1, 0.15) is 5.82 Å². The predicted molar refractivity (Wildman–Crippen MR) is 111 cm³/mol. The summed E-state index contributed by atoms with van der Waals surface area (Å²) in [6.45, 7) is 2.17. The largest absolute Gasteiger partial charge is 0.369 e. The van der Waals surface area contributed by atoms with Crippen LogP contribution in [0, 0.1) is 11.7 Å². The first-order chi connectivity index (χ1) is 13.6. The number of carbonyl (C=O) groups excluding carboxylic acids is 1. The van der Waals surface area contributed by atoms with Gasteiger partial charge in [-0.25, -0.2) is 4.39 Å². The summed E-state index contributed by atoms with van der Waals surface area (Å²) in [4.78, 5) is 18.9. The molecule has 1 aliphatic heterocycles. The van der Waals surface area contributed by atoms with Crippen LogP contribution in [-0.2, 0) is 11.2 Å². The predicted octanol–water partition coefficient (Wildman–Crippen LogP) is 3.42. The Bertz CT molecular complexity index is 786. The second kappa shape index (κ2) is 9.88. The fourth-order valence-corrected chi connectivity index (χ4v) is 3.33. The summed E-state index contributed by atoms with van der Waals surface area (Å²) in [5, 5.41) is 3.39. The molecule has 1 heterocycles. The molecule has 1 fully saturated rings. The number of guanidine groups is 1. The fourth-order valence-electron chi connectivity index (χ4n) is 3.33. The molecule has 3 N–H and O–H groups in total. The molecule has 0 radical (unpaired) electrons. The van der Waals surface area contributed by atoms with E-state index in [2.05, 4.69) is 10.2 Å². The van der Waals surface area contributed by atoms with Gasteiger partial charge in [-0.15, -0.1) is 0 Å². The standard InChI is InChI=1S/C22H27FN4O/c23-19-11-9-17(10-12-19)15-18(21(24)28)16-25-22(27-13-5-2-6-14-27)26-20-7-3-1-4-8-20/h1,3-4,7-12,18H,2,5-6,13-16H2,(H2,24,28)(H,25,26). The third-order valence-corrected chi connectivity index (χ3v) is 4.94. The molecule has 148 valence electrons. The van der Waals surface area contributed by atoms with Gasteiger partial charge in [-0.3, -0.25) is 9.79 Å². The number of aliphatic imine (C=N–C) groups is 1. The van der Waals surface area contributed by atoms with Gasteiger partial charge >= 0.3 is 0 Å². The van der Waals surface area contributed by atoms with Crippen molar-refractivity contribution >= 4 is 17.6 Å². The Kier molecular flexibility index (Phi) is 7.00. The number of primary amides is 1. The van der Waals surface area contributed by atoms with E-state index in [1.807, 2.05) is 30.3 Å². The quantitative estimate of drug-likeness (QED) is 0.594. The molecule has 1 atom stereocenters. The summed E-state index contributed by atoms with van der Waals surface area (Å²) in [5.41, 5.74) is 7.45. The number of carbonyl (C=O) groups is 1. The van der Waals surface area contributed by atoms with Gasteiger partial charge in [-0.1, -0.05) is 30.3 Å². The Balaban J connectivity index is 1.74. The highest BCUT2D eigenvalue weighted by atomic mass is 19.1. The summed E-state index contributed by atoms with van der Waals surface area (Å²) >= 11 is 0. The minimum Gasteiger partial charge on any atom is -0.369 e. The Morgan fingerprint density at radius 2 is 1.75 bits per heavy atom. The van der Waals surface area contributed by atoms with Crippen molar-refractivity contribution in [2.45, 2.75) is 25.7 Å². The van der Waals surface area contributed by atoms with E-state index < -0.39 is 11.8 Å². The number of hydrogen-bond donors (Lipinski definition) is 2. The van der Waals surface area contributed by atoms with Crippen molar-refractivity contribution in [3.8, 4) is 0 Å². The van der Waals surface area contributed by atoms with Crippen molar-refractivity contribution in [3.63, 3.8) is 0 Å². The van der Waals surface area contributed by atoms with Crippen LogP contribution in [0.4, 0.5) is 10.1 Å². The number of likely N-dealkylation sites (tertiary alicyclic amines) is 1. The van der Waals surface area contributed by atoms with Gasteiger partial charge in [-0.05, 0) is 55.5 Å². The maximum Gasteiger partial charge on any atom is 0.222 e. The van der Waals surface area contributed by atoms with E-state index in [-0.39, 0.29) is 5.82 Å². The number of nitrogens with two attached hydrogens (primary N) is 1. The molecule has 5 nitrogen and oxygen atoms in total. The topological polar surface area (TPSA) is 70.7 Å². The van der Waals surface area contributed by atoms with Crippen LogP contribution >= 0.6 is 0 Å². The Labute approximate surface area is 165 Å². The van der Waals surface area contributed by atoms with Crippen LogP contribution in [-0.4, -0.2) is 36.4 Å². The number of rotatable bonds is 6. The zero-order chi connectivity index (χ0) is 19.8. The number of halogens is 1. The van der Waals surface area contributed by atoms with Gasteiger partial charge in [0.05, 0.1) is 12.5 Å². The fraction of sp³-hybridized carbons (Fsp3) is 0.364. The van der Waals surface area contributed by atoms with E-state index in [1.54, 1.807) is 12.1 Å². The van der Waals surface area contributed by atoms with Crippen LogP contribution in [0.15, 0.2) is 59.6 Å². The highest BCUT2D eigenvalue weighted by Crippen LogP contribution is 2.15. The highest BCUT2D eigenvalue weighted by molar-refractivity contribution is 5.94. The molecule has 0 aromatic heterocycles. The molecule has 28 heavy (non-hydrogen) atoms. The maximum atomic E-state index is 13.1.